The van der Waals surface area contributed by atoms with Crippen LogP contribution in [0.4, 0.5) is 4.39 Å². The van der Waals surface area contributed by atoms with Crippen molar-refractivity contribution in [3.8, 4) is 0 Å². The average molecular weight is 276 g/mol. The van der Waals surface area contributed by atoms with Crippen LogP contribution in [0.25, 0.3) is 0 Å². The van der Waals surface area contributed by atoms with E-state index in [0.29, 0.717) is 6.04 Å². The minimum atomic E-state index is -0.331. The number of hydrogen-bond donors (Lipinski definition) is 1. The first-order chi connectivity index (χ1) is 8.17. The van der Waals surface area contributed by atoms with E-state index in [4.69, 9.17) is 11.6 Å². The van der Waals surface area contributed by atoms with Gasteiger partial charge in [-0.15, -0.1) is 0 Å². The maximum atomic E-state index is 13.3. The van der Waals surface area contributed by atoms with E-state index in [9.17, 15) is 4.39 Å². The lowest BCUT2D eigenvalue weighted by Gasteiger charge is -2.17. The second-order valence-corrected chi connectivity index (χ2v) is 5.59. The molecule has 0 saturated carbocycles. The van der Waals surface area contributed by atoms with Gasteiger partial charge in [0.05, 0.1) is 5.02 Å². The highest BCUT2D eigenvalue weighted by atomic mass is 35.5. The minimum Gasteiger partial charge on any atom is -0.313 e. The van der Waals surface area contributed by atoms with Crippen LogP contribution in [0.3, 0.4) is 0 Å². The molecule has 0 aromatic heterocycles. The summed E-state index contributed by atoms with van der Waals surface area (Å²) < 4.78 is 13.3. The third-order valence-electron chi connectivity index (χ3n) is 2.48. The molecule has 1 N–H and O–H groups in total. The predicted octanol–water partition coefficient (Wildman–Crippen LogP) is 3.75. The molecule has 96 valence electrons. The van der Waals surface area contributed by atoms with Gasteiger partial charge >= 0.3 is 0 Å². The van der Waals surface area contributed by atoms with Crippen molar-refractivity contribution < 1.29 is 4.39 Å². The summed E-state index contributed by atoms with van der Waals surface area (Å²) in [5, 5.41) is 3.62. The van der Waals surface area contributed by atoms with E-state index in [1.807, 2.05) is 17.8 Å². The largest absolute Gasteiger partial charge is 0.313 e. The van der Waals surface area contributed by atoms with Gasteiger partial charge in [0.25, 0.3) is 0 Å². The Hall–Kier alpha value is -0.250. The quantitative estimate of drug-likeness (QED) is 0.813. The third-order valence-corrected chi connectivity index (χ3v) is 3.83. The monoisotopic (exact) mass is 275 g/mol. The lowest BCUT2D eigenvalue weighted by Crippen LogP contribution is -2.33. The topological polar surface area (TPSA) is 12.0 Å². The molecule has 0 heterocycles. The Morgan fingerprint density at radius 2 is 2.18 bits per heavy atom. The Kier molecular flexibility index (Phi) is 6.93. The maximum Gasteiger partial charge on any atom is 0.142 e. The zero-order chi connectivity index (χ0) is 12.7. The van der Waals surface area contributed by atoms with E-state index < -0.39 is 0 Å². The summed E-state index contributed by atoms with van der Waals surface area (Å²) in [5.41, 5.74) is 0.995. The molecule has 0 amide bonds. The van der Waals surface area contributed by atoms with E-state index in [1.165, 1.54) is 6.07 Å². The Morgan fingerprint density at radius 3 is 2.76 bits per heavy atom. The van der Waals surface area contributed by atoms with E-state index in [2.05, 4.69) is 19.2 Å². The van der Waals surface area contributed by atoms with Gasteiger partial charge < -0.3 is 5.32 Å². The van der Waals surface area contributed by atoms with E-state index in [0.717, 1.165) is 30.0 Å². The minimum absolute atomic E-state index is 0.191. The number of halogens is 2. The first-order valence-corrected chi connectivity index (χ1v) is 7.45. The summed E-state index contributed by atoms with van der Waals surface area (Å²) >= 11 is 7.57. The fourth-order valence-electron chi connectivity index (χ4n) is 1.69. The highest BCUT2D eigenvalue weighted by Gasteiger charge is 2.09. The van der Waals surface area contributed by atoms with Crippen molar-refractivity contribution in [2.45, 2.75) is 26.3 Å². The average Bonchev–Trinajstić information content (AvgIpc) is 2.31. The van der Waals surface area contributed by atoms with Gasteiger partial charge in [0.1, 0.15) is 5.82 Å². The summed E-state index contributed by atoms with van der Waals surface area (Å²) in [4.78, 5) is 0. The van der Waals surface area contributed by atoms with Crippen molar-refractivity contribution in [3.05, 3.63) is 34.6 Å². The van der Waals surface area contributed by atoms with E-state index >= 15 is 0 Å². The van der Waals surface area contributed by atoms with Crippen molar-refractivity contribution in [1.29, 1.82) is 0 Å². The molecule has 1 aromatic rings. The van der Waals surface area contributed by atoms with Crippen LogP contribution in [0.5, 0.6) is 0 Å². The highest BCUT2D eigenvalue weighted by Crippen LogP contribution is 2.17. The fourth-order valence-corrected chi connectivity index (χ4v) is 2.56. The van der Waals surface area contributed by atoms with Gasteiger partial charge in [-0.25, -0.2) is 4.39 Å². The van der Waals surface area contributed by atoms with Gasteiger partial charge in [0.15, 0.2) is 0 Å². The van der Waals surface area contributed by atoms with Crippen LogP contribution in [0.1, 0.15) is 19.4 Å². The van der Waals surface area contributed by atoms with Crippen LogP contribution in [-0.4, -0.2) is 24.1 Å². The first-order valence-electron chi connectivity index (χ1n) is 5.92. The second kappa shape index (κ2) is 7.96. The summed E-state index contributed by atoms with van der Waals surface area (Å²) in [7, 11) is 0. The van der Waals surface area contributed by atoms with Crippen LogP contribution in [0, 0.1) is 5.82 Å². The predicted molar refractivity (Wildman–Crippen MR) is 75.6 cm³/mol. The molecule has 0 aliphatic rings. The Bertz CT molecular complexity index is 346. The molecule has 17 heavy (non-hydrogen) atoms. The van der Waals surface area contributed by atoms with Crippen molar-refractivity contribution in [1.82, 2.24) is 5.32 Å². The second-order valence-electron chi connectivity index (χ2n) is 3.87. The van der Waals surface area contributed by atoms with Crippen molar-refractivity contribution in [3.63, 3.8) is 0 Å². The molecule has 1 aromatic carbocycles. The van der Waals surface area contributed by atoms with Gasteiger partial charge in [0.2, 0.25) is 0 Å². The molecule has 0 radical (unpaired) electrons. The van der Waals surface area contributed by atoms with Crippen molar-refractivity contribution in [2.75, 3.05) is 18.1 Å². The number of likely N-dealkylation sites (N-methyl/N-ethyl adjacent to an activating group) is 1. The van der Waals surface area contributed by atoms with Gasteiger partial charge in [0, 0.05) is 11.8 Å². The molecular formula is C13H19ClFNS. The number of nitrogens with one attached hydrogen (secondary N) is 1. The van der Waals surface area contributed by atoms with Crippen LogP contribution in [0.2, 0.25) is 5.02 Å². The molecule has 1 rings (SSSR count). The Labute approximate surface area is 112 Å². The third kappa shape index (κ3) is 5.28. The standard InChI is InChI=1S/C13H19ClFNS/c1-3-16-11(9-17-4-2)7-10-5-6-12(14)13(15)8-10/h5-6,8,11,16H,3-4,7,9H2,1-2H3. The summed E-state index contributed by atoms with van der Waals surface area (Å²) in [5.74, 6) is 1.83. The Morgan fingerprint density at radius 1 is 1.41 bits per heavy atom. The first kappa shape index (κ1) is 14.8. The molecule has 0 spiro atoms. The number of hydrogen-bond acceptors (Lipinski definition) is 2. The van der Waals surface area contributed by atoms with Gasteiger partial charge in [-0.05, 0) is 36.4 Å². The zero-order valence-corrected chi connectivity index (χ0v) is 11.9. The normalized spacial score (nSPS) is 12.7. The smallest absolute Gasteiger partial charge is 0.142 e. The van der Waals surface area contributed by atoms with Gasteiger partial charge in [-0.2, -0.15) is 11.8 Å². The summed E-state index contributed by atoms with van der Waals surface area (Å²) in [6.45, 7) is 5.17. The van der Waals surface area contributed by atoms with E-state index in [-0.39, 0.29) is 10.8 Å². The van der Waals surface area contributed by atoms with Gasteiger partial charge in [-0.3, -0.25) is 0 Å². The molecule has 1 atom stereocenters. The molecule has 4 heteroatoms. The van der Waals surface area contributed by atoms with Gasteiger partial charge in [-0.1, -0.05) is 31.5 Å². The van der Waals surface area contributed by atoms with Crippen LogP contribution < -0.4 is 5.32 Å². The molecule has 1 unspecified atom stereocenters. The zero-order valence-electron chi connectivity index (χ0n) is 10.3. The molecular weight excluding hydrogens is 257 g/mol. The lowest BCUT2D eigenvalue weighted by atomic mass is 10.1. The highest BCUT2D eigenvalue weighted by molar-refractivity contribution is 7.99. The molecule has 0 aliphatic carbocycles. The number of benzene rings is 1. The van der Waals surface area contributed by atoms with E-state index in [1.54, 1.807) is 6.07 Å². The van der Waals surface area contributed by atoms with Crippen LogP contribution in [-0.2, 0) is 6.42 Å². The maximum absolute atomic E-state index is 13.3. The molecule has 0 bridgehead atoms. The number of rotatable bonds is 7. The van der Waals surface area contributed by atoms with Crippen molar-refractivity contribution in [2.24, 2.45) is 0 Å². The van der Waals surface area contributed by atoms with Crippen molar-refractivity contribution >= 4 is 23.4 Å². The molecule has 0 fully saturated rings. The molecule has 1 nitrogen and oxygen atoms in total. The summed E-state index contributed by atoms with van der Waals surface area (Å²) in [6.07, 6.45) is 0.842. The van der Waals surface area contributed by atoms with Crippen LogP contribution >= 0.6 is 23.4 Å². The lowest BCUT2D eigenvalue weighted by molar-refractivity contribution is 0.568. The number of thioether (sulfide) groups is 1. The Balaban J connectivity index is 2.61. The molecule has 0 saturated heterocycles. The fraction of sp³-hybridized carbons (Fsp3) is 0.538. The SMILES string of the molecule is CCNC(CSCC)Cc1ccc(Cl)c(F)c1. The molecule has 0 aliphatic heterocycles. The van der Waals surface area contributed by atoms with Crippen LogP contribution in [0.15, 0.2) is 18.2 Å². The summed E-state index contributed by atoms with van der Waals surface area (Å²) in [6, 6.07) is 5.45.